The lowest BCUT2D eigenvalue weighted by molar-refractivity contribution is 0.351. The van der Waals surface area contributed by atoms with E-state index in [1.165, 1.54) is 24.0 Å². The first-order valence-electron chi connectivity index (χ1n) is 6.69. The fourth-order valence-electron chi connectivity index (χ4n) is 2.17. The predicted molar refractivity (Wildman–Crippen MR) is 74.5 cm³/mol. The fourth-order valence-corrected chi connectivity index (χ4v) is 2.17. The van der Waals surface area contributed by atoms with Gasteiger partial charge in [0.25, 0.3) is 0 Å². The number of hydrogen-bond donors (Lipinski definition) is 1. The third kappa shape index (κ3) is 4.00. The van der Waals surface area contributed by atoms with E-state index >= 15 is 0 Å². The van der Waals surface area contributed by atoms with Crippen LogP contribution < -0.4 is 5.32 Å². The predicted octanol–water partition coefficient (Wildman–Crippen LogP) is 2.85. The largest absolute Gasteiger partial charge is 0.465 e. The van der Waals surface area contributed by atoms with Crippen LogP contribution in [0.25, 0.3) is 0 Å². The Morgan fingerprint density at radius 1 is 1.56 bits per heavy atom. The maximum absolute atomic E-state index is 5.79. The number of likely N-dealkylation sites (N-methyl/N-ethyl adjacent to an activating group) is 1. The number of rotatable bonds is 7. The van der Waals surface area contributed by atoms with Crippen LogP contribution in [-0.4, -0.2) is 24.5 Å². The summed E-state index contributed by atoms with van der Waals surface area (Å²) in [5.74, 6) is 2.09. The molecular weight excluding hydrogens is 224 g/mol. The average molecular weight is 248 g/mol. The first-order valence-corrected chi connectivity index (χ1v) is 6.69. The van der Waals surface area contributed by atoms with Crippen LogP contribution in [0.5, 0.6) is 0 Å². The smallest absolute Gasteiger partial charge is 0.118 e. The van der Waals surface area contributed by atoms with Crippen molar-refractivity contribution in [3.63, 3.8) is 0 Å². The van der Waals surface area contributed by atoms with Gasteiger partial charge in [0.2, 0.25) is 0 Å². The van der Waals surface area contributed by atoms with Gasteiger partial charge >= 0.3 is 0 Å². The molecule has 18 heavy (non-hydrogen) atoms. The van der Waals surface area contributed by atoms with E-state index in [0.29, 0.717) is 0 Å². The van der Waals surface area contributed by atoms with Crippen molar-refractivity contribution in [3.05, 3.63) is 35.3 Å². The van der Waals surface area contributed by atoms with Crippen LogP contribution in [0, 0.1) is 6.92 Å². The highest BCUT2D eigenvalue weighted by Gasteiger charge is 2.21. The second-order valence-electron chi connectivity index (χ2n) is 5.58. The van der Waals surface area contributed by atoms with E-state index in [0.717, 1.165) is 37.2 Å². The molecule has 0 amide bonds. The molecule has 1 aromatic rings. The Bertz CT molecular complexity index is 418. The molecule has 0 saturated heterocycles. The highest BCUT2D eigenvalue weighted by Crippen LogP contribution is 2.21. The summed E-state index contributed by atoms with van der Waals surface area (Å²) in [7, 11) is 2.11. The normalized spacial score (nSPS) is 15.3. The van der Waals surface area contributed by atoms with Crippen molar-refractivity contribution in [2.75, 3.05) is 13.6 Å². The summed E-state index contributed by atoms with van der Waals surface area (Å²) in [4.78, 5) is 2.26. The summed E-state index contributed by atoms with van der Waals surface area (Å²) >= 11 is 0. The van der Waals surface area contributed by atoms with Gasteiger partial charge < -0.3 is 9.73 Å². The van der Waals surface area contributed by atoms with E-state index < -0.39 is 0 Å². The lowest BCUT2D eigenvalue weighted by Crippen LogP contribution is -2.19. The molecule has 1 aliphatic rings. The molecule has 0 spiro atoms. The van der Waals surface area contributed by atoms with Crippen LogP contribution >= 0.6 is 0 Å². The number of hydrogen-bond acceptors (Lipinski definition) is 3. The molecule has 1 N–H and O–H groups in total. The Morgan fingerprint density at radius 2 is 2.28 bits per heavy atom. The number of furan rings is 1. The quantitative estimate of drug-likeness (QED) is 0.752. The van der Waals surface area contributed by atoms with Gasteiger partial charge in [-0.3, -0.25) is 4.90 Å². The highest BCUT2D eigenvalue weighted by molar-refractivity contribution is 5.21. The van der Waals surface area contributed by atoms with E-state index in [1.807, 2.05) is 6.92 Å². The SMILES string of the molecule is C=C(C)CN(C)Cc1cc(CNC2CC2)oc1C. The molecule has 0 aliphatic heterocycles. The van der Waals surface area contributed by atoms with E-state index in [2.05, 4.69) is 36.8 Å². The zero-order valence-corrected chi connectivity index (χ0v) is 11.8. The molecule has 3 heteroatoms. The van der Waals surface area contributed by atoms with Gasteiger partial charge in [0.1, 0.15) is 11.5 Å². The molecule has 1 fully saturated rings. The summed E-state index contributed by atoms with van der Waals surface area (Å²) in [6.07, 6.45) is 2.63. The Kier molecular flexibility index (Phi) is 4.25. The average Bonchev–Trinajstić information content (AvgIpc) is 3.02. The maximum atomic E-state index is 5.79. The molecule has 0 unspecified atom stereocenters. The molecule has 2 rings (SSSR count). The Hall–Kier alpha value is -1.06. The van der Waals surface area contributed by atoms with Crippen LogP contribution in [0.1, 0.15) is 36.8 Å². The molecule has 1 heterocycles. The van der Waals surface area contributed by atoms with Gasteiger partial charge in [-0.2, -0.15) is 0 Å². The number of nitrogens with one attached hydrogen (secondary N) is 1. The first-order chi connectivity index (χ1) is 8.54. The minimum Gasteiger partial charge on any atom is -0.465 e. The van der Waals surface area contributed by atoms with Crippen LogP contribution in [0.2, 0.25) is 0 Å². The van der Waals surface area contributed by atoms with Crippen molar-refractivity contribution in [1.82, 2.24) is 10.2 Å². The van der Waals surface area contributed by atoms with Crippen LogP contribution in [-0.2, 0) is 13.1 Å². The first kappa shape index (κ1) is 13.4. The number of aryl methyl sites for hydroxylation is 1. The Labute approximate surface area is 110 Å². The van der Waals surface area contributed by atoms with Crippen LogP contribution in [0.3, 0.4) is 0 Å². The van der Waals surface area contributed by atoms with Gasteiger partial charge in [0, 0.05) is 24.7 Å². The second kappa shape index (κ2) is 5.72. The molecular formula is C15H24N2O. The van der Waals surface area contributed by atoms with Crippen molar-refractivity contribution >= 4 is 0 Å². The molecule has 0 aromatic carbocycles. The molecule has 3 nitrogen and oxygen atoms in total. The topological polar surface area (TPSA) is 28.4 Å². The fraction of sp³-hybridized carbons (Fsp3) is 0.600. The molecule has 0 atom stereocenters. The highest BCUT2D eigenvalue weighted by atomic mass is 16.3. The van der Waals surface area contributed by atoms with Crippen molar-refractivity contribution in [3.8, 4) is 0 Å². The monoisotopic (exact) mass is 248 g/mol. The van der Waals surface area contributed by atoms with Gasteiger partial charge in [0.05, 0.1) is 6.54 Å². The Morgan fingerprint density at radius 3 is 2.89 bits per heavy atom. The van der Waals surface area contributed by atoms with Gasteiger partial charge in [0.15, 0.2) is 0 Å². The second-order valence-corrected chi connectivity index (χ2v) is 5.58. The Balaban J connectivity index is 1.88. The minimum absolute atomic E-state index is 0.727. The van der Waals surface area contributed by atoms with Crippen molar-refractivity contribution in [2.45, 2.75) is 45.8 Å². The van der Waals surface area contributed by atoms with E-state index in [4.69, 9.17) is 4.42 Å². The van der Waals surface area contributed by atoms with Gasteiger partial charge in [-0.25, -0.2) is 0 Å². The molecule has 1 aromatic heterocycles. The van der Waals surface area contributed by atoms with E-state index in [-0.39, 0.29) is 0 Å². The summed E-state index contributed by atoms with van der Waals surface area (Å²) in [5.41, 5.74) is 2.47. The van der Waals surface area contributed by atoms with Crippen LogP contribution in [0.15, 0.2) is 22.6 Å². The lowest BCUT2D eigenvalue weighted by atomic mass is 10.2. The molecule has 1 aliphatic carbocycles. The van der Waals surface area contributed by atoms with Gasteiger partial charge in [-0.05, 0) is 39.8 Å². The standard InChI is InChI=1S/C15H24N2O/c1-11(2)9-17(4)10-13-7-15(18-12(13)3)8-16-14-5-6-14/h7,14,16H,1,5-6,8-10H2,2-4H3. The third-order valence-electron chi connectivity index (χ3n) is 3.19. The summed E-state index contributed by atoms with van der Waals surface area (Å²) in [6, 6.07) is 2.91. The zero-order valence-electron chi connectivity index (χ0n) is 11.8. The third-order valence-corrected chi connectivity index (χ3v) is 3.19. The van der Waals surface area contributed by atoms with Crippen molar-refractivity contribution in [1.29, 1.82) is 0 Å². The van der Waals surface area contributed by atoms with Crippen LogP contribution in [0.4, 0.5) is 0 Å². The summed E-state index contributed by atoms with van der Waals surface area (Å²) in [6.45, 7) is 10.8. The molecule has 0 radical (unpaired) electrons. The molecule has 0 bridgehead atoms. The van der Waals surface area contributed by atoms with Crippen molar-refractivity contribution < 1.29 is 4.42 Å². The molecule has 100 valence electrons. The summed E-state index contributed by atoms with van der Waals surface area (Å²) < 4.78 is 5.79. The van der Waals surface area contributed by atoms with E-state index in [1.54, 1.807) is 0 Å². The van der Waals surface area contributed by atoms with Crippen molar-refractivity contribution in [2.24, 2.45) is 0 Å². The molecule has 1 saturated carbocycles. The lowest BCUT2D eigenvalue weighted by Gasteiger charge is -2.15. The zero-order chi connectivity index (χ0) is 13.1. The van der Waals surface area contributed by atoms with Gasteiger partial charge in [-0.15, -0.1) is 0 Å². The number of nitrogens with zero attached hydrogens (tertiary/aromatic N) is 1. The van der Waals surface area contributed by atoms with E-state index in [9.17, 15) is 0 Å². The summed E-state index contributed by atoms with van der Waals surface area (Å²) in [5, 5.41) is 3.48. The van der Waals surface area contributed by atoms with Gasteiger partial charge in [-0.1, -0.05) is 12.2 Å². The maximum Gasteiger partial charge on any atom is 0.118 e. The minimum atomic E-state index is 0.727.